The van der Waals surface area contributed by atoms with Crippen molar-refractivity contribution in [1.82, 2.24) is 5.32 Å². The van der Waals surface area contributed by atoms with Crippen molar-refractivity contribution < 1.29 is 13.2 Å². The zero-order valence-electron chi connectivity index (χ0n) is 10.9. The number of hydrogen-bond donors (Lipinski definition) is 1. The molecular formula is C16H14FNO2. The quantitative estimate of drug-likeness (QED) is 0.777. The Morgan fingerprint density at radius 2 is 2.00 bits per heavy atom. The summed E-state index contributed by atoms with van der Waals surface area (Å²) < 4.78 is 24.9. The molecule has 4 rings (SSSR count). The minimum Gasteiger partial charge on any atom is -0.456 e. The molecule has 0 amide bonds. The molecule has 3 nitrogen and oxygen atoms in total. The van der Waals surface area contributed by atoms with Crippen LogP contribution in [-0.4, -0.2) is 6.04 Å². The minimum atomic E-state index is -0.351. The molecule has 0 saturated heterocycles. The van der Waals surface area contributed by atoms with Crippen LogP contribution in [0.1, 0.15) is 18.6 Å². The van der Waals surface area contributed by atoms with E-state index in [9.17, 15) is 4.39 Å². The fourth-order valence-electron chi connectivity index (χ4n) is 2.29. The summed E-state index contributed by atoms with van der Waals surface area (Å²) in [6.45, 7) is 0.721. The molecule has 1 saturated carbocycles. The molecule has 3 aromatic rings. The first-order valence-corrected chi connectivity index (χ1v) is 6.80. The molecule has 4 heteroatoms. The molecule has 102 valence electrons. The van der Waals surface area contributed by atoms with Crippen LogP contribution < -0.4 is 5.32 Å². The van der Waals surface area contributed by atoms with Gasteiger partial charge >= 0.3 is 0 Å². The third-order valence-corrected chi connectivity index (χ3v) is 3.54. The molecular weight excluding hydrogens is 257 g/mol. The summed E-state index contributed by atoms with van der Waals surface area (Å²) >= 11 is 0. The van der Waals surface area contributed by atoms with Crippen LogP contribution >= 0.6 is 0 Å². The van der Waals surface area contributed by atoms with Crippen LogP contribution in [0.2, 0.25) is 0 Å². The summed E-state index contributed by atoms with van der Waals surface area (Å²) in [6.07, 6.45) is 2.49. The summed E-state index contributed by atoms with van der Waals surface area (Å²) in [5.41, 5.74) is 0.275. The molecule has 1 aromatic carbocycles. The van der Waals surface area contributed by atoms with Gasteiger partial charge in [-0.25, -0.2) is 4.39 Å². The number of halogens is 1. The summed E-state index contributed by atoms with van der Waals surface area (Å²) in [6, 6.07) is 11.1. The van der Waals surface area contributed by atoms with Gasteiger partial charge in [0.2, 0.25) is 0 Å². The zero-order chi connectivity index (χ0) is 13.5. The standard InChI is InChI=1S/C16H14FNO2/c17-13-3-1-2-10-8-15(20-16(10)13)14-7-6-12(19-14)9-18-11-4-5-11/h1-3,6-8,11,18H,4-5,9H2. The van der Waals surface area contributed by atoms with Crippen molar-refractivity contribution in [2.75, 3.05) is 0 Å². The highest BCUT2D eigenvalue weighted by atomic mass is 19.1. The van der Waals surface area contributed by atoms with Gasteiger partial charge in [0, 0.05) is 11.4 Å². The topological polar surface area (TPSA) is 38.3 Å². The molecule has 0 atom stereocenters. The number of benzene rings is 1. The Hall–Kier alpha value is -2.07. The van der Waals surface area contributed by atoms with Gasteiger partial charge in [0.1, 0.15) is 5.76 Å². The fraction of sp³-hybridized carbons (Fsp3) is 0.250. The van der Waals surface area contributed by atoms with E-state index in [2.05, 4.69) is 5.32 Å². The van der Waals surface area contributed by atoms with Gasteiger partial charge in [0.25, 0.3) is 0 Å². The lowest BCUT2D eigenvalue weighted by atomic mass is 10.2. The first-order valence-electron chi connectivity index (χ1n) is 6.80. The molecule has 2 aromatic heterocycles. The maximum absolute atomic E-state index is 13.6. The highest BCUT2D eigenvalue weighted by Gasteiger charge is 2.20. The Labute approximate surface area is 115 Å². The van der Waals surface area contributed by atoms with Crippen molar-refractivity contribution in [3.8, 4) is 11.5 Å². The molecule has 0 aliphatic heterocycles. The van der Waals surface area contributed by atoms with Gasteiger partial charge in [-0.15, -0.1) is 0 Å². The van der Waals surface area contributed by atoms with Crippen molar-refractivity contribution >= 4 is 11.0 Å². The first-order chi connectivity index (χ1) is 9.79. The normalized spacial score (nSPS) is 15.1. The van der Waals surface area contributed by atoms with Crippen molar-refractivity contribution in [2.24, 2.45) is 0 Å². The smallest absolute Gasteiger partial charge is 0.170 e. The number of para-hydroxylation sites is 1. The molecule has 20 heavy (non-hydrogen) atoms. The minimum absolute atomic E-state index is 0.275. The molecule has 1 aliphatic carbocycles. The van der Waals surface area contributed by atoms with Crippen LogP contribution in [0.4, 0.5) is 4.39 Å². The lowest BCUT2D eigenvalue weighted by Gasteiger charge is -1.97. The largest absolute Gasteiger partial charge is 0.456 e. The number of nitrogens with one attached hydrogen (secondary N) is 1. The number of hydrogen-bond acceptors (Lipinski definition) is 3. The van der Waals surface area contributed by atoms with Crippen LogP contribution in [-0.2, 0) is 6.54 Å². The lowest BCUT2D eigenvalue weighted by Crippen LogP contribution is -2.14. The van der Waals surface area contributed by atoms with E-state index in [1.807, 2.05) is 18.2 Å². The average molecular weight is 271 g/mol. The number of rotatable bonds is 4. The van der Waals surface area contributed by atoms with Crippen LogP contribution in [0.15, 0.2) is 45.2 Å². The van der Waals surface area contributed by atoms with E-state index in [4.69, 9.17) is 8.83 Å². The second-order valence-corrected chi connectivity index (χ2v) is 5.19. The Morgan fingerprint density at radius 1 is 1.10 bits per heavy atom. The van der Waals surface area contributed by atoms with Crippen LogP contribution in [0, 0.1) is 5.82 Å². The summed E-state index contributed by atoms with van der Waals surface area (Å²) in [5.74, 6) is 1.71. The van der Waals surface area contributed by atoms with Gasteiger partial charge in [-0.05, 0) is 37.1 Å². The van der Waals surface area contributed by atoms with Crippen molar-refractivity contribution in [1.29, 1.82) is 0 Å². The highest BCUT2D eigenvalue weighted by molar-refractivity contribution is 5.82. The Kier molecular flexibility index (Phi) is 2.63. The summed E-state index contributed by atoms with van der Waals surface area (Å²) in [4.78, 5) is 0. The third-order valence-electron chi connectivity index (χ3n) is 3.54. The Balaban J connectivity index is 1.62. The highest BCUT2D eigenvalue weighted by Crippen LogP contribution is 2.30. The van der Waals surface area contributed by atoms with Gasteiger partial charge in [0.15, 0.2) is 22.9 Å². The van der Waals surface area contributed by atoms with Gasteiger partial charge < -0.3 is 14.2 Å². The maximum atomic E-state index is 13.6. The summed E-state index contributed by atoms with van der Waals surface area (Å²) in [5, 5.41) is 4.13. The van der Waals surface area contributed by atoms with E-state index >= 15 is 0 Å². The molecule has 2 heterocycles. The average Bonchev–Trinajstić information content (AvgIpc) is 2.99. The van der Waals surface area contributed by atoms with Crippen LogP contribution in [0.25, 0.3) is 22.5 Å². The van der Waals surface area contributed by atoms with E-state index in [0.29, 0.717) is 17.6 Å². The van der Waals surface area contributed by atoms with E-state index in [1.165, 1.54) is 18.9 Å². The second kappa shape index (κ2) is 4.49. The van der Waals surface area contributed by atoms with E-state index < -0.39 is 0 Å². The summed E-state index contributed by atoms with van der Waals surface area (Å²) in [7, 11) is 0. The predicted octanol–water partition coefficient (Wildman–Crippen LogP) is 4.08. The van der Waals surface area contributed by atoms with E-state index in [-0.39, 0.29) is 11.4 Å². The van der Waals surface area contributed by atoms with Crippen LogP contribution in [0.3, 0.4) is 0 Å². The molecule has 1 aliphatic rings. The maximum Gasteiger partial charge on any atom is 0.170 e. The van der Waals surface area contributed by atoms with Crippen molar-refractivity contribution in [2.45, 2.75) is 25.4 Å². The van der Waals surface area contributed by atoms with Gasteiger partial charge in [-0.3, -0.25) is 0 Å². The first kappa shape index (κ1) is 11.7. The predicted molar refractivity (Wildman–Crippen MR) is 73.7 cm³/mol. The second-order valence-electron chi connectivity index (χ2n) is 5.19. The monoisotopic (exact) mass is 271 g/mol. The third kappa shape index (κ3) is 2.12. The van der Waals surface area contributed by atoms with Crippen molar-refractivity contribution in [3.05, 3.63) is 48.0 Å². The Bertz CT molecular complexity index is 755. The van der Waals surface area contributed by atoms with Gasteiger partial charge in [-0.1, -0.05) is 12.1 Å². The molecule has 0 bridgehead atoms. The molecule has 0 unspecified atom stereocenters. The number of fused-ring (bicyclic) bond motifs is 1. The molecule has 1 N–H and O–H groups in total. The molecule has 0 radical (unpaired) electrons. The van der Waals surface area contributed by atoms with Gasteiger partial charge in [0.05, 0.1) is 6.54 Å². The zero-order valence-corrected chi connectivity index (χ0v) is 10.9. The molecule has 1 fully saturated rings. The van der Waals surface area contributed by atoms with Gasteiger partial charge in [-0.2, -0.15) is 0 Å². The fourth-order valence-corrected chi connectivity index (χ4v) is 2.29. The lowest BCUT2D eigenvalue weighted by molar-refractivity contribution is 0.475. The van der Waals surface area contributed by atoms with Crippen molar-refractivity contribution in [3.63, 3.8) is 0 Å². The van der Waals surface area contributed by atoms with Crippen LogP contribution in [0.5, 0.6) is 0 Å². The van der Waals surface area contributed by atoms with E-state index in [0.717, 1.165) is 17.7 Å². The molecule has 0 spiro atoms. The SMILES string of the molecule is Fc1cccc2cc(-c3ccc(CNC4CC4)o3)oc12. The van der Waals surface area contributed by atoms with E-state index in [1.54, 1.807) is 12.1 Å². The number of furan rings is 2. The Morgan fingerprint density at radius 3 is 2.80 bits per heavy atom.